The molecule has 1 aliphatic rings. The molecule has 0 bridgehead atoms. The Kier molecular flexibility index (Phi) is 4.29. The molecule has 1 saturated carbocycles. The van der Waals surface area contributed by atoms with Crippen LogP contribution < -0.4 is 5.48 Å². The largest absolute Gasteiger partial charge is 0.272 e. The van der Waals surface area contributed by atoms with Crippen LogP contribution in [0.1, 0.15) is 33.3 Å². The van der Waals surface area contributed by atoms with Crippen molar-refractivity contribution in [1.29, 1.82) is 0 Å². The highest BCUT2D eigenvalue weighted by molar-refractivity contribution is 5.82. The molecule has 108 valence electrons. The number of hydrogen-bond acceptors (Lipinski definition) is 2. The third-order valence-corrected chi connectivity index (χ3v) is 3.96. The van der Waals surface area contributed by atoms with Gasteiger partial charge in [-0.2, -0.15) is 0 Å². The molecule has 0 radical (unpaired) electrons. The lowest BCUT2D eigenvalue weighted by atomic mass is 10.1. The van der Waals surface area contributed by atoms with E-state index in [9.17, 15) is 4.79 Å². The molecule has 1 aromatic rings. The van der Waals surface area contributed by atoms with Gasteiger partial charge in [0.15, 0.2) is 0 Å². The van der Waals surface area contributed by atoms with Gasteiger partial charge in [0, 0.05) is 0 Å². The molecule has 1 fully saturated rings. The van der Waals surface area contributed by atoms with Gasteiger partial charge in [-0.3, -0.25) is 9.63 Å². The minimum absolute atomic E-state index is 0.00757. The van der Waals surface area contributed by atoms with Crippen LogP contribution in [0.25, 0.3) is 0 Å². The number of hydrogen-bond donors (Lipinski definition) is 1. The summed E-state index contributed by atoms with van der Waals surface area (Å²) in [5.41, 5.74) is 4.91. The number of hydroxylamine groups is 1. The highest BCUT2D eigenvalue weighted by Gasteiger charge is 2.60. The minimum Gasteiger partial charge on any atom is -0.272 e. The van der Waals surface area contributed by atoms with E-state index in [-0.39, 0.29) is 17.2 Å². The molecule has 2 rings (SSSR count). The van der Waals surface area contributed by atoms with Gasteiger partial charge in [-0.1, -0.05) is 55.8 Å². The van der Waals surface area contributed by atoms with Gasteiger partial charge in [-0.25, -0.2) is 5.48 Å². The number of allylic oxidation sites excluding steroid dienone is 2. The fraction of sp³-hybridized carbons (Fsp3) is 0.471. The average Bonchev–Trinajstić information content (AvgIpc) is 2.91. The molecule has 0 heterocycles. The normalized spacial score (nSPS) is 23.0. The number of benzene rings is 1. The van der Waals surface area contributed by atoms with Gasteiger partial charge in [-0.05, 0) is 30.7 Å². The Morgan fingerprint density at radius 3 is 2.55 bits per heavy atom. The van der Waals surface area contributed by atoms with Crippen molar-refractivity contribution in [3.8, 4) is 0 Å². The van der Waals surface area contributed by atoms with E-state index in [0.29, 0.717) is 12.5 Å². The molecule has 2 atom stereocenters. The van der Waals surface area contributed by atoms with E-state index in [1.807, 2.05) is 30.3 Å². The van der Waals surface area contributed by atoms with Crippen molar-refractivity contribution in [2.45, 2.75) is 34.3 Å². The molecule has 3 heteroatoms. The molecule has 0 aromatic heterocycles. The summed E-state index contributed by atoms with van der Waals surface area (Å²) >= 11 is 0. The summed E-state index contributed by atoms with van der Waals surface area (Å²) in [5, 5.41) is 0. The number of carbonyl (C=O) groups is 1. The first-order valence-electron chi connectivity index (χ1n) is 7.03. The Morgan fingerprint density at radius 1 is 1.30 bits per heavy atom. The summed E-state index contributed by atoms with van der Waals surface area (Å²) in [6.07, 6.45) is 2.18. The Hall–Kier alpha value is -1.61. The maximum Gasteiger partial charge on any atom is 0.247 e. The lowest BCUT2D eigenvalue weighted by Crippen LogP contribution is -2.27. The summed E-state index contributed by atoms with van der Waals surface area (Å²) in [4.78, 5) is 17.4. The van der Waals surface area contributed by atoms with Gasteiger partial charge in [0.25, 0.3) is 0 Å². The van der Waals surface area contributed by atoms with E-state index in [0.717, 1.165) is 5.56 Å². The van der Waals surface area contributed by atoms with Crippen molar-refractivity contribution in [2.24, 2.45) is 17.3 Å². The van der Waals surface area contributed by atoms with Crippen LogP contribution in [0.4, 0.5) is 0 Å². The molecule has 0 aliphatic heterocycles. The Balaban J connectivity index is 1.83. The van der Waals surface area contributed by atoms with Gasteiger partial charge in [0.05, 0.1) is 12.5 Å². The second kappa shape index (κ2) is 5.80. The average molecular weight is 273 g/mol. The predicted molar refractivity (Wildman–Crippen MR) is 79.6 cm³/mol. The van der Waals surface area contributed by atoms with Crippen LogP contribution in [0.5, 0.6) is 0 Å². The molecular weight excluding hydrogens is 250 g/mol. The molecule has 3 nitrogen and oxygen atoms in total. The highest BCUT2D eigenvalue weighted by atomic mass is 16.6. The van der Waals surface area contributed by atoms with Crippen molar-refractivity contribution in [3.05, 3.63) is 47.5 Å². The van der Waals surface area contributed by atoms with Gasteiger partial charge in [0.2, 0.25) is 5.91 Å². The topological polar surface area (TPSA) is 38.3 Å². The SMILES string of the molecule is CC(C)=C[C@@H]1[C@H](C(=O)NOCc2ccccc2)C1(C)C. The Labute approximate surface area is 121 Å². The summed E-state index contributed by atoms with van der Waals surface area (Å²) in [5.74, 6) is 0.300. The second-order valence-electron chi connectivity index (χ2n) is 6.31. The van der Waals surface area contributed by atoms with Crippen molar-refractivity contribution >= 4 is 5.91 Å². The van der Waals surface area contributed by atoms with E-state index < -0.39 is 0 Å². The van der Waals surface area contributed by atoms with E-state index in [2.05, 4.69) is 39.3 Å². The fourth-order valence-electron chi connectivity index (χ4n) is 2.68. The van der Waals surface area contributed by atoms with E-state index in [1.165, 1.54) is 5.57 Å². The summed E-state index contributed by atoms with van der Waals surface area (Å²) < 4.78 is 0. The number of carbonyl (C=O) groups excluding carboxylic acids is 1. The van der Waals surface area contributed by atoms with Gasteiger partial charge in [0.1, 0.15) is 0 Å². The Morgan fingerprint density at radius 2 is 1.95 bits per heavy atom. The molecular formula is C17H23NO2. The summed E-state index contributed by atoms with van der Waals surface area (Å²) in [7, 11) is 0. The van der Waals surface area contributed by atoms with Crippen LogP contribution in [0.3, 0.4) is 0 Å². The van der Waals surface area contributed by atoms with Crippen LogP contribution in [-0.4, -0.2) is 5.91 Å². The first kappa shape index (κ1) is 14.8. The van der Waals surface area contributed by atoms with Crippen LogP contribution in [0, 0.1) is 17.3 Å². The number of amides is 1. The maximum atomic E-state index is 12.1. The summed E-state index contributed by atoms with van der Waals surface area (Å²) in [6, 6.07) is 9.81. The zero-order valence-electron chi connectivity index (χ0n) is 12.6. The maximum absolute atomic E-state index is 12.1. The van der Waals surface area contributed by atoms with Crippen LogP contribution in [-0.2, 0) is 16.2 Å². The first-order chi connectivity index (χ1) is 9.43. The lowest BCUT2D eigenvalue weighted by molar-refractivity contribution is -0.136. The third-order valence-electron chi connectivity index (χ3n) is 3.96. The van der Waals surface area contributed by atoms with Crippen LogP contribution >= 0.6 is 0 Å². The summed E-state index contributed by atoms with van der Waals surface area (Å²) in [6.45, 7) is 8.77. The molecule has 1 aromatic carbocycles. The zero-order valence-corrected chi connectivity index (χ0v) is 12.6. The smallest absolute Gasteiger partial charge is 0.247 e. The molecule has 0 spiro atoms. The monoisotopic (exact) mass is 273 g/mol. The lowest BCUT2D eigenvalue weighted by Gasteiger charge is -2.06. The minimum atomic E-state index is -0.0200. The van der Waals surface area contributed by atoms with Crippen LogP contribution in [0.2, 0.25) is 0 Å². The molecule has 20 heavy (non-hydrogen) atoms. The van der Waals surface area contributed by atoms with Crippen molar-refractivity contribution in [1.82, 2.24) is 5.48 Å². The first-order valence-corrected chi connectivity index (χ1v) is 7.03. The van der Waals surface area contributed by atoms with Crippen molar-refractivity contribution in [2.75, 3.05) is 0 Å². The van der Waals surface area contributed by atoms with E-state index in [1.54, 1.807) is 0 Å². The molecule has 1 N–H and O–H groups in total. The molecule has 1 aliphatic carbocycles. The van der Waals surface area contributed by atoms with Crippen LogP contribution in [0.15, 0.2) is 42.0 Å². The molecule has 0 saturated heterocycles. The highest BCUT2D eigenvalue weighted by Crippen LogP contribution is 2.59. The van der Waals surface area contributed by atoms with Crippen molar-refractivity contribution < 1.29 is 9.63 Å². The second-order valence-corrected chi connectivity index (χ2v) is 6.31. The molecule has 0 unspecified atom stereocenters. The Bertz CT molecular complexity index is 501. The zero-order chi connectivity index (χ0) is 14.8. The fourth-order valence-corrected chi connectivity index (χ4v) is 2.68. The standard InChI is InChI=1S/C17H23NO2/c1-12(2)10-14-15(17(14,3)4)16(19)18-20-11-13-8-6-5-7-9-13/h5-10,14-15H,11H2,1-4H3,(H,18,19)/t14-,15-/m1/s1. The van der Waals surface area contributed by atoms with Gasteiger partial charge in [-0.15, -0.1) is 0 Å². The predicted octanol–water partition coefficient (Wildman–Crippen LogP) is 3.47. The van der Waals surface area contributed by atoms with E-state index in [4.69, 9.17) is 4.84 Å². The third kappa shape index (κ3) is 3.28. The number of nitrogens with one attached hydrogen (secondary N) is 1. The number of rotatable bonds is 5. The van der Waals surface area contributed by atoms with Crippen molar-refractivity contribution in [3.63, 3.8) is 0 Å². The van der Waals surface area contributed by atoms with Gasteiger partial charge < -0.3 is 0 Å². The van der Waals surface area contributed by atoms with E-state index >= 15 is 0 Å². The molecule has 1 amide bonds. The van der Waals surface area contributed by atoms with Gasteiger partial charge >= 0.3 is 0 Å². The quantitative estimate of drug-likeness (QED) is 0.659.